The maximum Gasteiger partial charge on any atom is 0.247 e. The van der Waals surface area contributed by atoms with E-state index < -0.39 is 32.3 Å². The predicted octanol–water partition coefficient (Wildman–Crippen LogP) is 3.41. The fraction of sp³-hybridized carbons (Fsp3) is 0.304. The average Bonchev–Trinajstić information content (AvgIpc) is 3.05. The van der Waals surface area contributed by atoms with Gasteiger partial charge in [-0.2, -0.15) is 0 Å². The maximum absolute atomic E-state index is 13.4. The van der Waals surface area contributed by atoms with Crippen molar-refractivity contribution in [1.82, 2.24) is 9.62 Å². The van der Waals surface area contributed by atoms with Crippen molar-refractivity contribution in [1.29, 1.82) is 0 Å². The number of hydrogen-bond donors (Lipinski definition) is 1. The Morgan fingerprint density at radius 2 is 1.42 bits per heavy atom. The second-order valence-corrected chi connectivity index (χ2v) is 9.44. The minimum Gasteiger partial charge on any atom is -0.367 e. The van der Waals surface area contributed by atoms with Crippen LogP contribution in [0.1, 0.15) is 52.0 Å². The van der Waals surface area contributed by atoms with E-state index in [9.17, 15) is 22.4 Å². The first-order valence-electron chi connectivity index (χ1n) is 10.3. The SMILES string of the molecule is O=C1C(N2CCCCCC2)=C(S(=O)(=O)NCc2ccc(F)cc2)C(=O)c2ccccc21. The van der Waals surface area contributed by atoms with Gasteiger partial charge in [0, 0.05) is 30.8 Å². The first kappa shape index (κ1) is 21.4. The third-order valence-electron chi connectivity index (χ3n) is 5.62. The lowest BCUT2D eigenvalue weighted by Crippen LogP contribution is -2.40. The molecule has 4 rings (SSSR count). The molecule has 2 aromatic carbocycles. The van der Waals surface area contributed by atoms with Gasteiger partial charge in [0.1, 0.15) is 11.5 Å². The third-order valence-corrected chi connectivity index (χ3v) is 7.06. The predicted molar refractivity (Wildman–Crippen MR) is 114 cm³/mol. The number of ketones is 2. The molecule has 1 N–H and O–H groups in total. The van der Waals surface area contributed by atoms with Gasteiger partial charge in [-0.05, 0) is 30.5 Å². The van der Waals surface area contributed by atoms with Crippen molar-refractivity contribution in [3.05, 3.63) is 81.6 Å². The van der Waals surface area contributed by atoms with Crippen LogP contribution in [0.15, 0.2) is 59.1 Å². The Bertz CT molecular complexity index is 1150. The highest BCUT2D eigenvalue weighted by Crippen LogP contribution is 2.32. The standard InChI is InChI=1S/C23H23FN2O4S/c24-17-11-9-16(10-12-17)15-25-31(29,30)23-20(26-13-5-1-2-6-14-26)21(27)18-7-3-4-8-19(18)22(23)28/h3-4,7-12,25H,1-2,5-6,13-15H2. The van der Waals surface area contributed by atoms with Crippen LogP contribution in [-0.2, 0) is 16.6 Å². The molecule has 6 nitrogen and oxygen atoms in total. The number of benzene rings is 2. The molecule has 1 aliphatic heterocycles. The molecule has 2 aromatic rings. The van der Waals surface area contributed by atoms with Gasteiger partial charge in [0.2, 0.25) is 21.6 Å². The fourth-order valence-corrected chi connectivity index (χ4v) is 5.35. The normalized spacial score (nSPS) is 17.5. The van der Waals surface area contributed by atoms with Crippen molar-refractivity contribution in [2.45, 2.75) is 32.2 Å². The molecule has 0 bridgehead atoms. The van der Waals surface area contributed by atoms with Gasteiger partial charge < -0.3 is 4.90 Å². The Labute approximate surface area is 180 Å². The van der Waals surface area contributed by atoms with E-state index in [1.165, 1.54) is 30.3 Å². The zero-order valence-corrected chi connectivity index (χ0v) is 17.8. The second kappa shape index (κ2) is 8.72. The second-order valence-electron chi connectivity index (χ2n) is 7.73. The van der Waals surface area contributed by atoms with E-state index in [1.54, 1.807) is 23.1 Å². The van der Waals surface area contributed by atoms with Crippen molar-refractivity contribution in [2.75, 3.05) is 13.1 Å². The molecular formula is C23H23FN2O4S. The lowest BCUT2D eigenvalue weighted by atomic mass is 9.91. The molecule has 0 radical (unpaired) electrons. The van der Waals surface area contributed by atoms with Crippen molar-refractivity contribution in [2.24, 2.45) is 0 Å². The van der Waals surface area contributed by atoms with E-state index in [0.29, 0.717) is 18.7 Å². The summed E-state index contributed by atoms with van der Waals surface area (Å²) in [5, 5.41) is 0. The highest BCUT2D eigenvalue weighted by Gasteiger charge is 2.41. The third kappa shape index (κ3) is 4.31. The summed E-state index contributed by atoms with van der Waals surface area (Å²) in [5.41, 5.74) is 0.812. The van der Waals surface area contributed by atoms with Crippen molar-refractivity contribution in [3.8, 4) is 0 Å². The van der Waals surface area contributed by atoms with Crippen LogP contribution >= 0.6 is 0 Å². The minimum absolute atomic E-state index is 0.0443. The highest BCUT2D eigenvalue weighted by molar-refractivity contribution is 7.94. The van der Waals surface area contributed by atoms with Crippen LogP contribution in [0.25, 0.3) is 0 Å². The van der Waals surface area contributed by atoms with Gasteiger partial charge in [-0.3, -0.25) is 9.59 Å². The van der Waals surface area contributed by atoms with Gasteiger partial charge >= 0.3 is 0 Å². The average molecular weight is 443 g/mol. The van der Waals surface area contributed by atoms with Crippen molar-refractivity contribution in [3.63, 3.8) is 0 Å². The molecule has 1 saturated heterocycles. The number of carbonyl (C=O) groups is 2. The maximum atomic E-state index is 13.4. The zero-order chi connectivity index (χ0) is 22.0. The van der Waals surface area contributed by atoms with E-state index in [4.69, 9.17) is 0 Å². The number of nitrogens with one attached hydrogen (secondary N) is 1. The molecule has 0 atom stereocenters. The quantitative estimate of drug-likeness (QED) is 0.767. The number of fused-ring (bicyclic) bond motifs is 1. The Morgan fingerprint density at radius 3 is 2.03 bits per heavy atom. The molecule has 0 aromatic heterocycles. The van der Waals surface area contributed by atoms with Crippen LogP contribution in [0, 0.1) is 5.82 Å². The van der Waals surface area contributed by atoms with Gasteiger partial charge in [0.15, 0.2) is 4.91 Å². The monoisotopic (exact) mass is 442 g/mol. The molecule has 0 unspecified atom stereocenters. The molecule has 31 heavy (non-hydrogen) atoms. The van der Waals surface area contributed by atoms with E-state index in [1.807, 2.05) is 0 Å². The summed E-state index contributed by atoms with van der Waals surface area (Å²) in [4.78, 5) is 27.9. The van der Waals surface area contributed by atoms with Crippen LogP contribution in [0.4, 0.5) is 4.39 Å². The van der Waals surface area contributed by atoms with E-state index in [0.717, 1.165) is 25.7 Å². The van der Waals surface area contributed by atoms with E-state index >= 15 is 0 Å². The first-order chi connectivity index (χ1) is 14.9. The van der Waals surface area contributed by atoms with Gasteiger partial charge in [0.25, 0.3) is 0 Å². The van der Waals surface area contributed by atoms with Gasteiger partial charge in [-0.25, -0.2) is 17.5 Å². The highest BCUT2D eigenvalue weighted by atomic mass is 32.2. The summed E-state index contributed by atoms with van der Waals surface area (Å²) in [5.74, 6) is -1.55. The van der Waals surface area contributed by atoms with Crippen LogP contribution in [0.2, 0.25) is 0 Å². The smallest absolute Gasteiger partial charge is 0.247 e. The van der Waals surface area contributed by atoms with Crippen LogP contribution in [0.5, 0.6) is 0 Å². The Morgan fingerprint density at radius 1 is 0.839 bits per heavy atom. The van der Waals surface area contributed by atoms with Crippen molar-refractivity contribution >= 4 is 21.6 Å². The first-order valence-corrected chi connectivity index (χ1v) is 11.8. The van der Waals surface area contributed by atoms with Gasteiger partial charge in [0.05, 0.1) is 0 Å². The molecule has 1 heterocycles. The molecule has 8 heteroatoms. The molecule has 0 saturated carbocycles. The lowest BCUT2D eigenvalue weighted by Gasteiger charge is -2.30. The number of likely N-dealkylation sites (tertiary alicyclic amines) is 1. The number of Topliss-reactive ketones (excluding diaryl/α,β-unsaturated/α-hetero) is 2. The number of nitrogens with zero attached hydrogens (tertiary/aromatic N) is 1. The Hall–Kier alpha value is -2.84. The molecule has 2 aliphatic rings. The van der Waals surface area contributed by atoms with Gasteiger partial charge in [-0.15, -0.1) is 0 Å². The molecule has 0 spiro atoms. The molecule has 0 amide bonds. The van der Waals surface area contributed by atoms with Crippen LogP contribution in [-0.4, -0.2) is 38.0 Å². The number of rotatable bonds is 5. The number of allylic oxidation sites excluding steroid dienone is 2. The topological polar surface area (TPSA) is 83.6 Å². The molecular weight excluding hydrogens is 419 g/mol. The zero-order valence-electron chi connectivity index (χ0n) is 16.9. The number of hydrogen-bond acceptors (Lipinski definition) is 5. The summed E-state index contributed by atoms with van der Waals surface area (Å²) in [6.45, 7) is 0.920. The molecule has 162 valence electrons. The summed E-state index contributed by atoms with van der Waals surface area (Å²) < 4.78 is 42.1. The van der Waals surface area contributed by atoms with E-state index in [2.05, 4.69) is 4.72 Å². The summed E-state index contributed by atoms with van der Waals surface area (Å²) in [7, 11) is -4.30. The van der Waals surface area contributed by atoms with E-state index in [-0.39, 0.29) is 23.4 Å². The fourth-order valence-electron chi connectivity index (χ4n) is 4.02. The Kier molecular flexibility index (Phi) is 6.02. The summed E-state index contributed by atoms with van der Waals surface area (Å²) in [6.07, 6.45) is 3.63. The Balaban J connectivity index is 1.76. The molecule has 1 fully saturated rings. The largest absolute Gasteiger partial charge is 0.367 e. The number of halogens is 1. The van der Waals surface area contributed by atoms with Crippen LogP contribution in [0.3, 0.4) is 0 Å². The lowest BCUT2D eigenvalue weighted by molar-refractivity contribution is 0.0947. The number of sulfonamides is 1. The van der Waals surface area contributed by atoms with Crippen LogP contribution < -0.4 is 4.72 Å². The van der Waals surface area contributed by atoms with Gasteiger partial charge in [-0.1, -0.05) is 49.2 Å². The number of carbonyl (C=O) groups excluding carboxylic acids is 2. The summed E-state index contributed by atoms with van der Waals surface area (Å²) in [6, 6.07) is 11.7. The minimum atomic E-state index is -4.30. The van der Waals surface area contributed by atoms with Crippen molar-refractivity contribution < 1.29 is 22.4 Å². The molecule has 1 aliphatic carbocycles. The summed E-state index contributed by atoms with van der Waals surface area (Å²) >= 11 is 0.